The summed E-state index contributed by atoms with van der Waals surface area (Å²) in [5, 5.41) is 0. The molecule has 1 saturated heterocycles. The molecule has 32 heavy (non-hydrogen) atoms. The van der Waals surface area contributed by atoms with E-state index in [1.807, 2.05) is 0 Å². The van der Waals surface area contributed by atoms with Crippen molar-refractivity contribution in [2.24, 2.45) is 5.92 Å². The number of aryl methyl sites for hydroxylation is 1. The lowest BCUT2D eigenvalue weighted by Crippen LogP contribution is -2.39. The number of anilines is 1. The van der Waals surface area contributed by atoms with Crippen molar-refractivity contribution in [3.63, 3.8) is 0 Å². The number of hydrazine groups is 1. The molecule has 2 heterocycles. The van der Waals surface area contributed by atoms with Crippen LogP contribution in [0.5, 0.6) is 11.5 Å². The molecule has 0 bridgehead atoms. The number of methoxy groups -OCH3 is 2. The number of nitrogens with one attached hydrogen (secondary N) is 2. The Morgan fingerprint density at radius 3 is 2.22 bits per heavy atom. The van der Waals surface area contributed by atoms with E-state index in [1.54, 1.807) is 14.2 Å². The molecule has 3 aromatic carbocycles. The normalized spacial score (nSPS) is 21.7. The molecule has 2 aliphatic rings. The average Bonchev–Trinajstić information content (AvgIpc) is 3.28. The largest absolute Gasteiger partial charge is 0.493 e. The standard InChI is InChI=1S/C27H31N3O2/c1-4-18-10-12-20(13-11-18)26-22-17-30(16-19-8-6-5-7-9-19)23-15-25(32-3)24(31-2)14-21(23)27(22)29-28-26/h5-15,22,26-29H,4,16-17H2,1-3H3. The first-order valence-corrected chi connectivity index (χ1v) is 11.4. The summed E-state index contributed by atoms with van der Waals surface area (Å²) in [7, 11) is 3.40. The summed E-state index contributed by atoms with van der Waals surface area (Å²) in [6.07, 6.45) is 1.06. The predicted octanol–water partition coefficient (Wildman–Crippen LogP) is 4.79. The van der Waals surface area contributed by atoms with Gasteiger partial charge in [0.15, 0.2) is 11.5 Å². The van der Waals surface area contributed by atoms with Gasteiger partial charge in [-0.1, -0.05) is 61.5 Å². The second-order valence-electron chi connectivity index (χ2n) is 8.64. The molecule has 5 nitrogen and oxygen atoms in total. The van der Waals surface area contributed by atoms with Crippen LogP contribution in [0.25, 0.3) is 0 Å². The molecule has 3 unspecified atom stereocenters. The van der Waals surface area contributed by atoms with Gasteiger partial charge in [0.1, 0.15) is 0 Å². The highest BCUT2D eigenvalue weighted by atomic mass is 16.5. The predicted molar refractivity (Wildman–Crippen MR) is 128 cm³/mol. The van der Waals surface area contributed by atoms with Gasteiger partial charge in [0, 0.05) is 30.8 Å². The van der Waals surface area contributed by atoms with Gasteiger partial charge in [0.05, 0.1) is 26.3 Å². The van der Waals surface area contributed by atoms with Crippen molar-refractivity contribution in [2.75, 3.05) is 25.7 Å². The van der Waals surface area contributed by atoms with E-state index in [9.17, 15) is 0 Å². The molecule has 166 valence electrons. The first-order chi connectivity index (χ1) is 15.7. The Labute approximate surface area is 190 Å². The molecule has 0 amide bonds. The molecular weight excluding hydrogens is 398 g/mol. The molecule has 2 N–H and O–H groups in total. The number of nitrogens with zero attached hydrogens (tertiary/aromatic N) is 1. The van der Waals surface area contributed by atoms with Crippen LogP contribution in [0.4, 0.5) is 5.69 Å². The second-order valence-corrected chi connectivity index (χ2v) is 8.64. The fourth-order valence-corrected chi connectivity index (χ4v) is 5.11. The average molecular weight is 430 g/mol. The van der Waals surface area contributed by atoms with E-state index in [2.05, 4.69) is 89.4 Å². The zero-order chi connectivity index (χ0) is 22.1. The fraction of sp³-hybridized carbons (Fsp3) is 0.333. The third kappa shape index (κ3) is 3.72. The Bertz CT molecular complexity index is 1070. The van der Waals surface area contributed by atoms with E-state index in [4.69, 9.17) is 9.47 Å². The van der Waals surface area contributed by atoms with Crippen molar-refractivity contribution >= 4 is 5.69 Å². The van der Waals surface area contributed by atoms with E-state index >= 15 is 0 Å². The van der Waals surface area contributed by atoms with Gasteiger partial charge in [-0.05, 0) is 34.7 Å². The molecule has 0 saturated carbocycles. The highest BCUT2D eigenvalue weighted by molar-refractivity contribution is 5.65. The summed E-state index contributed by atoms with van der Waals surface area (Å²) >= 11 is 0. The van der Waals surface area contributed by atoms with Crippen molar-refractivity contribution in [3.05, 3.63) is 89.0 Å². The van der Waals surface area contributed by atoms with Crippen LogP contribution < -0.4 is 25.2 Å². The smallest absolute Gasteiger partial charge is 0.162 e. The summed E-state index contributed by atoms with van der Waals surface area (Å²) in [5.74, 6) is 1.92. The lowest BCUT2D eigenvalue weighted by atomic mass is 9.81. The summed E-state index contributed by atoms with van der Waals surface area (Å²) in [6, 6.07) is 24.4. The summed E-state index contributed by atoms with van der Waals surface area (Å²) < 4.78 is 11.3. The van der Waals surface area contributed by atoms with E-state index in [-0.39, 0.29) is 12.1 Å². The number of benzene rings is 3. The van der Waals surface area contributed by atoms with Gasteiger partial charge < -0.3 is 14.4 Å². The maximum Gasteiger partial charge on any atom is 0.162 e. The highest BCUT2D eigenvalue weighted by Crippen LogP contribution is 2.48. The Morgan fingerprint density at radius 2 is 1.53 bits per heavy atom. The van der Waals surface area contributed by atoms with Gasteiger partial charge in [-0.2, -0.15) is 0 Å². The van der Waals surface area contributed by atoms with E-state index in [0.29, 0.717) is 5.92 Å². The van der Waals surface area contributed by atoms with Crippen LogP contribution in [0.2, 0.25) is 0 Å². The van der Waals surface area contributed by atoms with E-state index in [1.165, 1.54) is 27.9 Å². The van der Waals surface area contributed by atoms with Crippen LogP contribution in [0.15, 0.2) is 66.7 Å². The minimum atomic E-state index is 0.202. The molecule has 3 atom stereocenters. The minimum absolute atomic E-state index is 0.202. The molecule has 0 aliphatic carbocycles. The van der Waals surface area contributed by atoms with Gasteiger partial charge in [-0.15, -0.1) is 0 Å². The topological polar surface area (TPSA) is 45.8 Å². The second kappa shape index (κ2) is 8.85. The lowest BCUT2D eigenvalue weighted by Gasteiger charge is -2.39. The fourth-order valence-electron chi connectivity index (χ4n) is 5.11. The third-order valence-electron chi connectivity index (χ3n) is 6.85. The third-order valence-corrected chi connectivity index (χ3v) is 6.85. The Morgan fingerprint density at radius 1 is 0.844 bits per heavy atom. The quantitative estimate of drug-likeness (QED) is 0.590. The van der Waals surface area contributed by atoms with Crippen LogP contribution >= 0.6 is 0 Å². The highest BCUT2D eigenvalue weighted by Gasteiger charge is 2.43. The van der Waals surface area contributed by atoms with Crippen molar-refractivity contribution < 1.29 is 9.47 Å². The Hall–Kier alpha value is -3.02. The van der Waals surface area contributed by atoms with Gasteiger partial charge >= 0.3 is 0 Å². The number of hydrogen-bond acceptors (Lipinski definition) is 5. The molecule has 0 spiro atoms. The van der Waals surface area contributed by atoms with Gasteiger partial charge in [-0.25, -0.2) is 10.9 Å². The summed E-state index contributed by atoms with van der Waals surface area (Å²) in [6.45, 7) is 4.00. The molecule has 0 aromatic heterocycles. The van der Waals surface area contributed by atoms with Crippen LogP contribution in [-0.2, 0) is 13.0 Å². The van der Waals surface area contributed by atoms with E-state index < -0.39 is 0 Å². The molecule has 5 rings (SSSR count). The maximum absolute atomic E-state index is 5.65. The zero-order valence-electron chi connectivity index (χ0n) is 19.0. The molecule has 5 heteroatoms. The monoisotopic (exact) mass is 429 g/mol. The van der Waals surface area contributed by atoms with Crippen molar-refractivity contribution in [3.8, 4) is 11.5 Å². The minimum Gasteiger partial charge on any atom is -0.493 e. The van der Waals surface area contributed by atoms with Gasteiger partial charge in [0.25, 0.3) is 0 Å². The van der Waals surface area contributed by atoms with Crippen LogP contribution in [0.1, 0.15) is 41.3 Å². The van der Waals surface area contributed by atoms with Crippen LogP contribution in [0.3, 0.4) is 0 Å². The van der Waals surface area contributed by atoms with Gasteiger partial charge in [-0.3, -0.25) is 0 Å². The zero-order valence-corrected chi connectivity index (χ0v) is 19.0. The maximum atomic E-state index is 5.65. The number of rotatable bonds is 6. The Kier molecular flexibility index (Phi) is 5.77. The summed E-state index contributed by atoms with van der Waals surface area (Å²) in [4.78, 5) is 2.48. The van der Waals surface area contributed by atoms with Crippen LogP contribution in [-0.4, -0.2) is 20.8 Å². The molecular formula is C27H31N3O2. The number of hydrogen-bond donors (Lipinski definition) is 2. The van der Waals surface area contributed by atoms with Crippen molar-refractivity contribution in [1.29, 1.82) is 0 Å². The molecule has 1 fully saturated rings. The first kappa shape index (κ1) is 20.9. The van der Waals surface area contributed by atoms with Crippen molar-refractivity contribution in [1.82, 2.24) is 10.9 Å². The summed E-state index contributed by atoms with van der Waals surface area (Å²) in [5.41, 5.74) is 13.6. The SMILES string of the molecule is CCc1ccc(C2NNC3c4cc(OC)c(OC)cc4N(Cc4ccccc4)CC23)cc1. The Balaban J connectivity index is 1.54. The molecule has 2 aliphatic heterocycles. The lowest BCUT2D eigenvalue weighted by molar-refractivity contribution is 0.350. The van der Waals surface area contributed by atoms with Crippen LogP contribution in [0, 0.1) is 5.92 Å². The van der Waals surface area contributed by atoms with Gasteiger partial charge in [0.2, 0.25) is 0 Å². The number of ether oxygens (including phenoxy) is 2. The van der Waals surface area contributed by atoms with E-state index in [0.717, 1.165) is 31.0 Å². The number of fused-ring (bicyclic) bond motifs is 3. The van der Waals surface area contributed by atoms with Crippen molar-refractivity contribution in [2.45, 2.75) is 32.0 Å². The molecule has 0 radical (unpaired) electrons. The molecule has 3 aromatic rings. The first-order valence-electron chi connectivity index (χ1n) is 11.4.